The van der Waals surface area contributed by atoms with Gasteiger partial charge >= 0.3 is 12.3 Å². The first-order chi connectivity index (χ1) is 21.3. The third-order valence-corrected chi connectivity index (χ3v) is 9.40. The van der Waals surface area contributed by atoms with E-state index in [1.807, 2.05) is 0 Å². The number of nitrogens with zero attached hydrogens (tertiary/aromatic N) is 5. The van der Waals surface area contributed by atoms with Crippen LogP contribution in [-0.4, -0.2) is 61.0 Å². The Kier molecular flexibility index (Phi) is 7.92. The number of hydrogen-bond donors (Lipinski definition) is 2. The molecule has 1 aliphatic heterocycles. The van der Waals surface area contributed by atoms with Crippen molar-refractivity contribution in [2.75, 3.05) is 25.0 Å². The van der Waals surface area contributed by atoms with Gasteiger partial charge in [-0.3, -0.25) is 9.48 Å². The smallest absolute Gasteiger partial charge is 0.435 e. The SMILES string of the molecule is C=CCOC(=O)N1CC(n2cc(C3(O)CC4CC(c5ncn(C)c5C(=O)Nc5ccc(F)c(Cl)c5)CC4C3)c(C(F)(F)F)n2)C1. The number of alkyl halides is 3. The van der Waals surface area contributed by atoms with Crippen molar-refractivity contribution in [3.63, 3.8) is 0 Å². The van der Waals surface area contributed by atoms with Gasteiger partial charge in [0.25, 0.3) is 5.91 Å². The fraction of sp³-hybridized carbons (Fsp3) is 0.467. The van der Waals surface area contributed by atoms with E-state index in [0.29, 0.717) is 29.9 Å². The molecule has 45 heavy (non-hydrogen) atoms. The molecule has 240 valence electrons. The van der Waals surface area contributed by atoms with Crippen LogP contribution in [0.5, 0.6) is 0 Å². The maximum Gasteiger partial charge on any atom is 0.435 e. The minimum Gasteiger partial charge on any atom is -0.445 e. The monoisotopic (exact) mass is 650 g/mol. The predicted octanol–water partition coefficient (Wildman–Crippen LogP) is 5.65. The van der Waals surface area contributed by atoms with E-state index in [-0.39, 0.29) is 60.9 Å². The second-order valence-corrected chi connectivity index (χ2v) is 12.5. The van der Waals surface area contributed by atoms with E-state index in [2.05, 4.69) is 22.0 Å². The lowest BCUT2D eigenvalue weighted by Crippen LogP contribution is -2.51. The molecule has 2 aromatic heterocycles. The summed E-state index contributed by atoms with van der Waals surface area (Å²) in [6.07, 6.45) is 0.125. The van der Waals surface area contributed by atoms with Crippen molar-refractivity contribution in [1.82, 2.24) is 24.2 Å². The summed E-state index contributed by atoms with van der Waals surface area (Å²) >= 11 is 5.85. The van der Waals surface area contributed by atoms with Crippen LogP contribution < -0.4 is 5.32 Å². The summed E-state index contributed by atoms with van der Waals surface area (Å²) in [6, 6.07) is 3.37. The average Bonchev–Trinajstić information content (AvgIpc) is 3.70. The van der Waals surface area contributed by atoms with Crippen molar-refractivity contribution < 1.29 is 37.0 Å². The predicted molar refractivity (Wildman–Crippen MR) is 154 cm³/mol. The number of aromatic nitrogens is 4. The largest absolute Gasteiger partial charge is 0.445 e. The molecule has 2 atom stereocenters. The highest BCUT2D eigenvalue weighted by atomic mass is 35.5. The van der Waals surface area contributed by atoms with Gasteiger partial charge in [0.1, 0.15) is 18.1 Å². The Balaban J connectivity index is 1.16. The van der Waals surface area contributed by atoms with E-state index < -0.39 is 41.3 Å². The Bertz CT molecular complexity index is 1640. The van der Waals surface area contributed by atoms with Crippen LogP contribution in [0.2, 0.25) is 5.02 Å². The molecule has 1 saturated heterocycles. The van der Waals surface area contributed by atoms with Gasteiger partial charge in [-0.2, -0.15) is 18.3 Å². The van der Waals surface area contributed by atoms with Crippen LogP contribution in [0.15, 0.2) is 43.4 Å². The van der Waals surface area contributed by atoms with Gasteiger partial charge in [-0.05, 0) is 55.7 Å². The van der Waals surface area contributed by atoms with E-state index in [0.717, 1.165) is 6.07 Å². The summed E-state index contributed by atoms with van der Waals surface area (Å²) in [6.45, 7) is 3.77. The molecule has 2 saturated carbocycles. The van der Waals surface area contributed by atoms with Gasteiger partial charge in [-0.15, -0.1) is 0 Å². The number of amides is 2. The van der Waals surface area contributed by atoms with Crippen LogP contribution in [0, 0.1) is 17.7 Å². The van der Waals surface area contributed by atoms with Crippen LogP contribution in [0.4, 0.5) is 28.0 Å². The maximum absolute atomic E-state index is 14.2. The number of likely N-dealkylation sites (tertiary alicyclic amines) is 1. The summed E-state index contributed by atoms with van der Waals surface area (Å²) in [5.41, 5.74) is -1.93. The zero-order valence-electron chi connectivity index (χ0n) is 24.2. The standard InChI is InChI=1S/C30H31ClF4N6O4/c1-3-6-45-28(43)40-12-20(13-40)41-14-21(26(38-41)30(33,34)35)29(44)10-17-7-16(8-18(17)11-29)24-25(39(2)15-36-24)27(42)37-19-4-5-23(32)22(31)9-19/h3-5,9,14-18,20,44H,1,6-8,10-13H2,2H3,(H,37,42). The molecule has 2 amide bonds. The zero-order valence-corrected chi connectivity index (χ0v) is 25.0. The molecule has 2 unspecified atom stereocenters. The third kappa shape index (κ3) is 5.81. The number of aryl methyl sites for hydroxylation is 1. The van der Waals surface area contributed by atoms with Crippen LogP contribution in [0.3, 0.4) is 0 Å². The Morgan fingerprint density at radius 2 is 1.93 bits per heavy atom. The molecule has 2 aliphatic carbocycles. The fourth-order valence-electron chi connectivity index (χ4n) is 7.02. The summed E-state index contributed by atoms with van der Waals surface area (Å²) < 4.78 is 63.8. The molecule has 3 heterocycles. The third-order valence-electron chi connectivity index (χ3n) is 9.11. The Hall–Kier alpha value is -3.91. The first-order valence-corrected chi connectivity index (χ1v) is 14.8. The molecule has 15 heteroatoms. The lowest BCUT2D eigenvalue weighted by molar-refractivity contribution is -0.144. The van der Waals surface area contributed by atoms with E-state index in [1.54, 1.807) is 11.6 Å². The van der Waals surface area contributed by atoms with Crippen molar-refractivity contribution in [3.05, 3.63) is 76.9 Å². The number of hydrogen-bond acceptors (Lipinski definition) is 6. The normalized spacial score (nSPS) is 24.8. The topological polar surface area (TPSA) is 115 Å². The molecular weight excluding hydrogens is 620 g/mol. The number of imidazole rings is 1. The van der Waals surface area contributed by atoms with E-state index >= 15 is 0 Å². The van der Waals surface area contributed by atoms with Crippen LogP contribution in [-0.2, 0) is 23.6 Å². The molecule has 3 aliphatic rings. The lowest BCUT2D eigenvalue weighted by Gasteiger charge is -2.38. The van der Waals surface area contributed by atoms with Gasteiger partial charge in [-0.1, -0.05) is 24.3 Å². The number of halogens is 5. The van der Waals surface area contributed by atoms with Crippen LogP contribution in [0.1, 0.15) is 65.1 Å². The second kappa shape index (κ2) is 11.5. The maximum atomic E-state index is 14.2. The summed E-state index contributed by atoms with van der Waals surface area (Å²) in [7, 11) is 1.68. The first kappa shape index (κ1) is 31.1. The van der Waals surface area contributed by atoms with Gasteiger partial charge < -0.3 is 24.6 Å². The molecule has 0 radical (unpaired) electrons. The van der Waals surface area contributed by atoms with Crippen molar-refractivity contribution in [3.8, 4) is 0 Å². The number of ether oxygens (including phenoxy) is 1. The lowest BCUT2D eigenvalue weighted by atomic mass is 9.87. The van der Waals surface area contributed by atoms with Gasteiger partial charge in [-0.25, -0.2) is 14.2 Å². The van der Waals surface area contributed by atoms with Gasteiger partial charge in [0, 0.05) is 43.5 Å². The molecule has 1 aromatic carbocycles. The summed E-state index contributed by atoms with van der Waals surface area (Å²) in [5, 5.41) is 18.1. The Labute approximate surface area is 260 Å². The number of carbonyl (C=O) groups is 2. The highest BCUT2D eigenvalue weighted by Gasteiger charge is 2.54. The van der Waals surface area contributed by atoms with Gasteiger partial charge in [0.2, 0.25) is 0 Å². The zero-order chi connectivity index (χ0) is 32.3. The molecule has 0 bridgehead atoms. The number of rotatable bonds is 7. The van der Waals surface area contributed by atoms with E-state index in [1.165, 1.54) is 40.3 Å². The minimum atomic E-state index is -4.78. The molecule has 10 nitrogen and oxygen atoms in total. The number of aliphatic hydroxyl groups is 1. The number of fused-ring (bicyclic) bond motifs is 1. The molecular formula is C30H31ClF4N6O4. The van der Waals surface area contributed by atoms with Crippen LogP contribution >= 0.6 is 11.6 Å². The molecule has 2 N–H and O–H groups in total. The molecule has 3 aromatic rings. The number of carbonyl (C=O) groups excluding carboxylic acids is 2. The fourth-order valence-corrected chi connectivity index (χ4v) is 7.20. The molecule has 0 spiro atoms. The van der Waals surface area contributed by atoms with E-state index in [9.17, 15) is 32.3 Å². The van der Waals surface area contributed by atoms with Crippen molar-refractivity contribution >= 4 is 29.3 Å². The molecule has 6 rings (SSSR count). The van der Waals surface area contributed by atoms with E-state index in [4.69, 9.17) is 16.3 Å². The minimum absolute atomic E-state index is 0.0283. The first-order valence-electron chi connectivity index (χ1n) is 14.5. The van der Waals surface area contributed by atoms with Crippen LogP contribution in [0.25, 0.3) is 0 Å². The van der Waals surface area contributed by atoms with Gasteiger partial charge in [0.05, 0.1) is 28.7 Å². The summed E-state index contributed by atoms with van der Waals surface area (Å²) in [5.74, 6) is -1.41. The number of anilines is 1. The van der Waals surface area contributed by atoms with Crippen molar-refractivity contribution in [1.29, 1.82) is 0 Å². The highest BCUT2D eigenvalue weighted by Crippen LogP contribution is 2.58. The quantitative estimate of drug-likeness (QED) is 0.252. The Morgan fingerprint density at radius 1 is 1.24 bits per heavy atom. The van der Waals surface area contributed by atoms with Crippen molar-refractivity contribution in [2.24, 2.45) is 18.9 Å². The van der Waals surface area contributed by atoms with Crippen molar-refractivity contribution in [2.45, 2.75) is 49.4 Å². The average molecular weight is 651 g/mol. The highest BCUT2D eigenvalue weighted by molar-refractivity contribution is 6.31. The number of nitrogens with one attached hydrogen (secondary N) is 1. The summed E-state index contributed by atoms with van der Waals surface area (Å²) in [4.78, 5) is 31.1. The second-order valence-electron chi connectivity index (χ2n) is 12.1. The number of benzene rings is 1. The molecule has 3 fully saturated rings. The van der Waals surface area contributed by atoms with Gasteiger partial charge in [0.15, 0.2) is 5.69 Å². The Morgan fingerprint density at radius 3 is 2.56 bits per heavy atom.